The summed E-state index contributed by atoms with van der Waals surface area (Å²) in [5.41, 5.74) is 2.47. The maximum Gasteiger partial charge on any atom is 0.409 e. The van der Waals surface area contributed by atoms with Gasteiger partial charge >= 0.3 is 6.09 Å². The van der Waals surface area contributed by atoms with Crippen molar-refractivity contribution in [2.45, 2.75) is 32.2 Å². The van der Waals surface area contributed by atoms with Crippen molar-refractivity contribution in [3.8, 4) is 0 Å². The number of piperidine rings is 1. The van der Waals surface area contributed by atoms with E-state index in [1.165, 1.54) is 11.8 Å². The lowest BCUT2D eigenvalue weighted by molar-refractivity contribution is 0.0977. The number of aromatic nitrogens is 2. The largest absolute Gasteiger partial charge is 0.450 e. The molecular weight excluding hydrogens is 370 g/mol. The third kappa shape index (κ3) is 4.16. The predicted molar refractivity (Wildman–Crippen MR) is 109 cm³/mol. The van der Waals surface area contributed by atoms with Crippen LogP contribution in [0, 0.1) is 0 Å². The van der Waals surface area contributed by atoms with Gasteiger partial charge in [-0.15, -0.1) is 0 Å². The van der Waals surface area contributed by atoms with E-state index in [-0.39, 0.29) is 18.0 Å². The number of para-hydroxylation sites is 1. The lowest BCUT2D eigenvalue weighted by Gasteiger charge is -2.31. The first-order valence-electron chi connectivity index (χ1n) is 10.1. The number of ether oxygens (including phenoxy) is 1. The third-order valence-corrected chi connectivity index (χ3v) is 5.38. The van der Waals surface area contributed by atoms with Crippen LogP contribution in [0.25, 0.3) is 0 Å². The lowest BCUT2D eigenvalue weighted by Crippen LogP contribution is -2.42. The van der Waals surface area contributed by atoms with Crippen molar-refractivity contribution >= 4 is 23.5 Å². The van der Waals surface area contributed by atoms with Gasteiger partial charge in [0.05, 0.1) is 19.0 Å². The van der Waals surface area contributed by atoms with Crippen molar-refractivity contribution in [1.29, 1.82) is 0 Å². The van der Waals surface area contributed by atoms with Gasteiger partial charge in [0.15, 0.2) is 0 Å². The maximum absolute atomic E-state index is 12.8. The molecule has 0 spiro atoms. The van der Waals surface area contributed by atoms with E-state index in [0.717, 1.165) is 24.9 Å². The first-order valence-corrected chi connectivity index (χ1v) is 10.1. The molecule has 1 aromatic heterocycles. The topological polar surface area (TPSA) is 87.7 Å². The summed E-state index contributed by atoms with van der Waals surface area (Å²) in [7, 11) is 0. The minimum absolute atomic E-state index is 0.128. The number of carbonyl (C=O) groups is 2. The van der Waals surface area contributed by atoms with Gasteiger partial charge in [-0.2, -0.15) is 0 Å². The van der Waals surface area contributed by atoms with Crippen LogP contribution in [-0.2, 0) is 11.2 Å². The Labute approximate surface area is 169 Å². The number of carbonyl (C=O) groups excluding carboxylic acids is 2. The molecule has 3 heterocycles. The molecule has 1 aromatic carbocycles. The number of nitrogens with zero attached hydrogens (tertiary/aromatic N) is 4. The number of hydrogen-bond acceptors (Lipinski definition) is 6. The number of benzene rings is 1. The number of likely N-dealkylation sites (tertiary alicyclic amines) is 1. The third-order valence-electron chi connectivity index (χ3n) is 5.38. The zero-order valence-electron chi connectivity index (χ0n) is 16.5. The Bertz CT molecular complexity index is 878. The molecule has 1 N–H and O–H groups in total. The maximum atomic E-state index is 12.8. The van der Waals surface area contributed by atoms with Gasteiger partial charge in [0.1, 0.15) is 11.5 Å². The van der Waals surface area contributed by atoms with Gasteiger partial charge in [-0.05, 0) is 37.8 Å². The molecule has 2 aliphatic rings. The van der Waals surface area contributed by atoms with Gasteiger partial charge < -0.3 is 19.9 Å². The normalized spacial score (nSPS) is 16.4. The number of amides is 2. The van der Waals surface area contributed by atoms with Gasteiger partial charge in [-0.25, -0.2) is 14.8 Å². The standard InChI is InChI=1S/C21H25N5O3/c1-2-29-21(28)25-10-8-16(9-11-25)24-19-14-22-17(13-23-19)20(27)26-12-7-15-5-3-4-6-18(15)26/h3-6,13-14,16H,2,7-12H2,1H3,(H,23,24). The second kappa shape index (κ2) is 8.46. The molecule has 0 atom stereocenters. The van der Waals surface area contributed by atoms with Gasteiger partial charge in [-0.1, -0.05) is 18.2 Å². The lowest BCUT2D eigenvalue weighted by atomic mass is 10.1. The van der Waals surface area contributed by atoms with Crippen molar-refractivity contribution in [1.82, 2.24) is 14.9 Å². The fraction of sp³-hybridized carbons (Fsp3) is 0.429. The second-order valence-electron chi connectivity index (χ2n) is 7.23. The Hall–Kier alpha value is -3.16. The molecule has 0 saturated carbocycles. The molecule has 8 heteroatoms. The van der Waals surface area contributed by atoms with E-state index in [1.54, 1.807) is 16.0 Å². The number of hydrogen-bond donors (Lipinski definition) is 1. The van der Waals surface area contributed by atoms with Crippen LogP contribution in [0.1, 0.15) is 35.8 Å². The molecule has 2 amide bonds. The predicted octanol–water partition coefficient (Wildman–Crippen LogP) is 2.71. The summed E-state index contributed by atoms with van der Waals surface area (Å²) < 4.78 is 5.04. The van der Waals surface area contributed by atoms with E-state index < -0.39 is 0 Å². The SMILES string of the molecule is CCOC(=O)N1CCC(Nc2cnc(C(=O)N3CCc4ccccc43)cn2)CC1. The molecule has 0 radical (unpaired) electrons. The summed E-state index contributed by atoms with van der Waals surface area (Å²) in [6, 6.07) is 8.16. The fourth-order valence-corrected chi connectivity index (χ4v) is 3.83. The highest BCUT2D eigenvalue weighted by atomic mass is 16.6. The van der Waals surface area contributed by atoms with E-state index in [4.69, 9.17) is 4.74 Å². The van der Waals surface area contributed by atoms with Crippen LogP contribution in [0.3, 0.4) is 0 Å². The molecule has 152 valence electrons. The van der Waals surface area contributed by atoms with E-state index in [1.807, 2.05) is 25.1 Å². The summed E-state index contributed by atoms with van der Waals surface area (Å²) >= 11 is 0. The highest BCUT2D eigenvalue weighted by Crippen LogP contribution is 2.28. The van der Waals surface area contributed by atoms with Crippen molar-refractivity contribution in [2.24, 2.45) is 0 Å². The van der Waals surface area contributed by atoms with Crippen molar-refractivity contribution in [3.63, 3.8) is 0 Å². The molecule has 8 nitrogen and oxygen atoms in total. The average Bonchev–Trinajstić information content (AvgIpc) is 3.19. The second-order valence-corrected chi connectivity index (χ2v) is 7.23. The Balaban J connectivity index is 1.33. The van der Waals surface area contributed by atoms with E-state index >= 15 is 0 Å². The van der Waals surface area contributed by atoms with Crippen LogP contribution in [-0.4, -0.2) is 59.2 Å². The first-order chi connectivity index (χ1) is 14.2. The number of rotatable bonds is 4. The minimum Gasteiger partial charge on any atom is -0.450 e. The summed E-state index contributed by atoms with van der Waals surface area (Å²) in [5.74, 6) is 0.509. The number of nitrogens with one attached hydrogen (secondary N) is 1. The van der Waals surface area contributed by atoms with Crippen LogP contribution >= 0.6 is 0 Å². The highest BCUT2D eigenvalue weighted by Gasteiger charge is 2.27. The molecular formula is C21H25N5O3. The first kappa shape index (κ1) is 19.2. The monoisotopic (exact) mass is 395 g/mol. The van der Waals surface area contributed by atoms with Crippen LogP contribution in [0.4, 0.5) is 16.3 Å². The summed E-state index contributed by atoms with van der Waals surface area (Å²) in [5, 5.41) is 3.35. The Kier molecular flexibility index (Phi) is 5.59. The number of fused-ring (bicyclic) bond motifs is 1. The molecule has 4 rings (SSSR count). The van der Waals surface area contributed by atoms with E-state index in [9.17, 15) is 9.59 Å². The minimum atomic E-state index is -0.253. The molecule has 0 aliphatic carbocycles. The van der Waals surface area contributed by atoms with Crippen molar-refractivity contribution in [2.75, 3.05) is 36.5 Å². The number of anilines is 2. The molecule has 0 bridgehead atoms. The van der Waals surface area contributed by atoms with Gasteiger partial charge in [-0.3, -0.25) is 4.79 Å². The van der Waals surface area contributed by atoms with Crippen LogP contribution in [0.5, 0.6) is 0 Å². The van der Waals surface area contributed by atoms with Crippen LogP contribution < -0.4 is 10.2 Å². The molecule has 2 aliphatic heterocycles. The molecule has 0 unspecified atom stereocenters. The van der Waals surface area contributed by atoms with Crippen molar-refractivity contribution < 1.29 is 14.3 Å². The summed E-state index contributed by atoms with van der Waals surface area (Å²) in [6.45, 7) is 4.16. The molecule has 1 fully saturated rings. The van der Waals surface area contributed by atoms with E-state index in [0.29, 0.717) is 37.8 Å². The summed E-state index contributed by atoms with van der Waals surface area (Å²) in [4.78, 5) is 36.8. The molecule has 1 saturated heterocycles. The van der Waals surface area contributed by atoms with Gasteiger partial charge in [0.25, 0.3) is 5.91 Å². The zero-order chi connectivity index (χ0) is 20.2. The van der Waals surface area contributed by atoms with Gasteiger partial charge in [0.2, 0.25) is 0 Å². The quantitative estimate of drug-likeness (QED) is 0.856. The zero-order valence-corrected chi connectivity index (χ0v) is 16.5. The van der Waals surface area contributed by atoms with Gasteiger partial charge in [0, 0.05) is 31.4 Å². The van der Waals surface area contributed by atoms with Crippen LogP contribution in [0.2, 0.25) is 0 Å². The molecule has 2 aromatic rings. The Morgan fingerprint density at radius 2 is 1.93 bits per heavy atom. The highest BCUT2D eigenvalue weighted by molar-refractivity contribution is 6.05. The Morgan fingerprint density at radius 3 is 2.66 bits per heavy atom. The van der Waals surface area contributed by atoms with Crippen molar-refractivity contribution in [3.05, 3.63) is 47.9 Å². The average molecular weight is 395 g/mol. The summed E-state index contributed by atoms with van der Waals surface area (Å²) in [6.07, 6.45) is 5.36. The molecule has 29 heavy (non-hydrogen) atoms. The van der Waals surface area contributed by atoms with Crippen LogP contribution in [0.15, 0.2) is 36.7 Å². The van der Waals surface area contributed by atoms with E-state index in [2.05, 4.69) is 21.4 Å². The smallest absolute Gasteiger partial charge is 0.409 e. The Morgan fingerprint density at radius 1 is 1.14 bits per heavy atom. The fourth-order valence-electron chi connectivity index (χ4n) is 3.83.